The lowest BCUT2D eigenvalue weighted by atomic mass is 9.96. The van der Waals surface area contributed by atoms with Crippen LogP contribution in [0.25, 0.3) is 145 Å². The number of hydrogen-bond acceptors (Lipinski definition) is 4. The summed E-state index contributed by atoms with van der Waals surface area (Å²) >= 11 is 0. The van der Waals surface area contributed by atoms with Crippen molar-refractivity contribution < 1.29 is 0 Å². The van der Waals surface area contributed by atoms with Crippen molar-refractivity contribution in [3.63, 3.8) is 0 Å². The molecular weight excluding hydrogens is 973 g/mol. The van der Waals surface area contributed by atoms with Gasteiger partial charge in [-0.25, -0.2) is 0 Å². The summed E-state index contributed by atoms with van der Waals surface area (Å²) in [6, 6.07) is 95.7. The Morgan fingerprint density at radius 2 is 0.438 bits per heavy atom. The van der Waals surface area contributed by atoms with E-state index in [0.29, 0.717) is 0 Å². The van der Waals surface area contributed by atoms with Gasteiger partial charge in [-0.1, -0.05) is 127 Å². The van der Waals surface area contributed by atoms with Crippen LogP contribution in [0.5, 0.6) is 0 Å². The third kappa shape index (κ3) is 8.40. The first-order valence-electron chi connectivity index (χ1n) is 27.0. The molecule has 0 aliphatic heterocycles. The Bertz CT molecular complexity index is 4510. The molecule has 15 aromatic rings. The number of nitrogens with zero attached hydrogens (tertiary/aromatic N) is 6. The number of benzene rings is 9. The van der Waals surface area contributed by atoms with E-state index in [1.807, 2.05) is 73.3 Å². The van der Waals surface area contributed by atoms with Gasteiger partial charge in [-0.3, -0.25) is 19.9 Å². The Kier molecular flexibility index (Phi) is 11.4. The Morgan fingerprint density at radius 3 is 0.725 bits per heavy atom. The molecule has 0 aliphatic rings. The molecule has 15 rings (SSSR count). The maximum atomic E-state index is 4.71. The van der Waals surface area contributed by atoms with Crippen LogP contribution in [-0.4, -0.2) is 29.1 Å². The minimum absolute atomic E-state index is 0.941. The van der Waals surface area contributed by atoms with Gasteiger partial charge in [0.05, 0.1) is 44.8 Å². The summed E-state index contributed by atoms with van der Waals surface area (Å²) in [7, 11) is 0. The molecule has 0 N–H and O–H groups in total. The summed E-state index contributed by atoms with van der Waals surface area (Å²) in [5, 5.41) is 4.71. The van der Waals surface area contributed by atoms with Crippen LogP contribution in [0, 0.1) is 0 Å². The third-order valence-electron chi connectivity index (χ3n) is 15.5. The van der Waals surface area contributed by atoms with E-state index in [0.717, 1.165) is 123 Å². The molecule has 6 heterocycles. The van der Waals surface area contributed by atoms with E-state index >= 15 is 0 Å². The SMILES string of the molecule is c1ccc(-c2cccc(-c3ccc4c(c3)c3cc(-c5cccc(-c6ccc7c(c6)c6cc(-c8cccc(-c9ccccn9)c8)ccc6n7-c6cccc(-c7ccccn7)c6)c5)ccc3n4-c3cccc(-c4ccccn4)c3)c2)nc1. The van der Waals surface area contributed by atoms with Crippen molar-refractivity contribution in [1.82, 2.24) is 29.1 Å². The summed E-state index contributed by atoms with van der Waals surface area (Å²) < 4.78 is 4.79. The van der Waals surface area contributed by atoms with Gasteiger partial charge >= 0.3 is 0 Å². The van der Waals surface area contributed by atoms with Crippen LogP contribution in [0.4, 0.5) is 0 Å². The smallest absolute Gasteiger partial charge is 0.0702 e. The maximum absolute atomic E-state index is 4.71. The molecule has 0 saturated heterocycles. The first-order valence-corrected chi connectivity index (χ1v) is 27.0. The van der Waals surface area contributed by atoms with Gasteiger partial charge in [0, 0.05) is 80.0 Å². The normalized spacial score (nSPS) is 11.5. The molecule has 9 aromatic carbocycles. The van der Waals surface area contributed by atoms with Gasteiger partial charge in [0.2, 0.25) is 0 Å². The first kappa shape index (κ1) is 46.5. The van der Waals surface area contributed by atoms with E-state index in [-0.39, 0.29) is 0 Å². The fourth-order valence-electron chi connectivity index (χ4n) is 11.7. The molecule has 0 atom stereocenters. The van der Waals surface area contributed by atoms with E-state index in [4.69, 9.17) is 9.97 Å². The molecule has 0 amide bonds. The lowest BCUT2D eigenvalue weighted by Gasteiger charge is -2.11. The number of aromatic nitrogens is 6. The molecule has 0 unspecified atom stereocenters. The van der Waals surface area contributed by atoms with Crippen LogP contribution in [0.15, 0.2) is 292 Å². The van der Waals surface area contributed by atoms with Gasteiger partial charge in [-0.15, -0.1) is 0 Å². The van der Waals surface area contributed by atoms with Gasteiger partial charge < -0.3 is 9.13 Å². The van der Waals surface area contributed by atoms with E-state index in [1.165, 1.54) is 21.5 Å². The van der Waals surface area contributed by atoms with Crippen molar-refractivity contribution in [2.24, 2.45) is 0 Å². The molecule has 0 fully saturated rings. The molecule has 0 bridgehead atoms. The standard InChI is InChI=1S/C74H48N6/c1-5-36-75-67(24-1)57-18-10-16-51(41-57)55-30-34-73-65(47-55)63-45-53(28-32-71(63)79(73)61-22-12-20-59(43-61)69-26-3-7-38-77-69)49-14-9-15-50(40-49)54-29-33-72-64(46-54)66-48-56(52-17-11-19-58(42-52)68-25-2-6-37-76-68)31-35-74(66)80(72)62-23-13-21-60(44-62)70-27-4-8-39-78-70/h1-48H. The monoisotopic (exact) mass is 1020 g/mol. The van der Waals surface area contributed by atoms with E-state index in [1.54, 1.807) is 0 Å². The van der Waals surface area contributed by atoms with Crippen LogP contribution in [-0.2, 0) is 0 Å². The largest absolute Gasteiger partial charge is 0.309 e. The fraction of sp³-hybridized carbons (Fsp3) is 0. The summed E-state index contributed by atoms with van der Waals surface area (Å²) in [6.07, 6.45) is 7.41. The predicted octanol–water partition coefficient (Wildman–Crippen LogP) is 18.8. The van der Waals surface area contributed by atoms with Crippen molar-refractivity contribution in [2.75, 3.05) is 0 Å². The van der Waals surface area contributed by atoms with Crippen LogP contribution >= 0.6 is 0 Å². The molecule has 6 heteroatoms. The van der Waals surface area contributed by atoms with Crippen LogP contribution in [0.3, 0.4) is 0 Å². The molecule has 0 aliphatic carbocycles. The highest BCUT2D eigenvalue weighted by Crippen LogP contribution is 2.42. The van der Waals surface area contributed by atoms with Gasteiger partial charge in [0.1, 0.15) is 0 Å². The number of hydrogen-bond donors (Lipinski definition) is 0. The van der Waals surface area contributed by atoms with Crippen LogP contribution in [0.2, 0.25) is 0 Å². The van der Waals surface area contributed by atoms with Gasteiger partial charge in [0.15, 0.2) is 0 Å². The number of rotatable bonds is 10. The van der Waals surface area contributed by atoms with Crippen LogP contribution in [0.1, 0.15) is 0 Å². The topological polar surface area (TPSA) is 61.4 Å². The Balaban J connectivity index is 0.865. The second-order valence-electron chi connectivity index (χ2n) is 20.3. The Morgan fingerprint density at radius 1 is 0.188 bits per heavy atom. The minimum Gasteiger partial charge on any atom is -0.309 e. The highest BCUT2D eigenvalue weighted by molar-refractivity contribution is 6.13. The molecule has 374 valence electrons. The fourth-order valence-corrected chi connectivity index (χ4v) is 11.7. The van der Waals surface area contributed by atoms with Crippen LogP contribution < -0.4 is 0 Å². The van der Waals surface area contributed by atoms with Crippen molar-refractivity contribution >= 4 is 43.6 Å². The molecule has 6 nitrogen and oxygen atoms in total. The summed E-state index contributed by atoms with van der Waals surface area (Å²) in [5.74, 6) is 0. The van der Waals surface area contributed by atoms with Crippen molar-refractivity contribution in [2.45, 2.75) is 0 Å². The van der Waals surface area contributed by atoms with E-state index in [2.05, 4.69) is 237 Å². The quantitative estimate of drug-likeness (QED) is 0.137. The predicted molar refractivity (Wildman–Crippen MR) is 330 cm³/mol. The van der Waals surface area contributed by atoms with Gasteiger partial charge in [-0.2, -0.15) is 0 Å². The lowest BCUT2D eigenvalue weighted by molar-refractivity contribution is 1.18. The van der Waals surface area contributed by atoms with Gasteiger partial charge in [0.25, 0.3) is 0 Å². The van der Waals surface area contributed by atoms with Crippen molar-refractivity contribution in [3.8, 4) is 101 Å². The van der Waals surface area contributed by atoms with Gasteiger partial charge in [-0.05, 0) is 184 Å². The maximum Gasteiger partial charge on any atom is 0.0702 e. The minimum atomic E-state index is 0.941. The highest BCUT2D eigenvalue weighted by atomic mass is 15.0. The molecule has 6 aromatic heterocycles. The summed E-state index contributed by atoms with van der Waals surface area (Å²) in [6.45, 7) is 0. The number of fused-ring (bicyclic) bond motifs is 6. The summed E-state index contributed by atoms with van der Waals surface area (Å²) in [5.41, 5.74) is 23.9. The zero-order valence-corrected chi connectivity index (χ0v) is 43.4. The second-order valence-corrected chi connectivity index (χ2v) is 20.3. The van der Waals surface area contributed by atoms with Crippen molar-refractivity contribution in [3.05, 3.63) is 292 Å². The Hall–Kier alpha value is -10.8. The zero-order chi connectivity index (χ0) is 52.9. The number of pyridine rings is 4. The third-order valence-corrected chi connectivity index (χ3v) is 15.5. The molecule has 0 radical (unpaired) electrons. The average Bonchev–Trinajstić information content (AvgIpc) is 4.06. The molecule has 0 saturated carbocycles. The summed E-state index contributed by atoms with van der Waals surface area (Å²) in [4.78, 5) is 18.7. The molecular formula is C74H48N6. The first-order chi connectivity index (χ1) is 39.6. The average molecular weight is 1020 g/mol. The molecule has 0 spiro atoms. The second kappa shape index (κ2) is 19.6. The van der Waals surface area contributed by atoms with E-state index < -0.39 is 0 Å². The van der Waals surface area contributed by atoms with Crippen molar-refractivity contribution in [1.29, 1.82) is 0 Å². The Labute approximate surface area is 462 Å². The van der Waals surface area contributed by atoms with E-state index in [9.17, 15) is 0 Å². The zero-order valence-electron chi connectivity index (χ0n) is 43.4. The molecule has 80 heavy (non-hydrogen) atoms. The lowest BCUT2D eigenvalue weighted by Crippen LogP contribution is -1.95. The highest BCUT2D eigenvalue weighted by Gasteiger charge is 2.19.